The largest absolute Gasteiger partial charge is 0.358 e. The van der Waals surface area contributed by atoms with Gasteiger partial charge >= 0.3 is 5.69 Å². The van der Waals surface area contributed by atoms with E-state index in [-0.39, 0.29) is 6.61 Å². The van der Waals surface area contributed by atoms with Gasteiger partial charge in [-0.05, 0) is 33.4 Å². The van der Waals surface area contributed by atoms with Gasteiger partial charge in [-0.3, -0.25) is 19.1 Å². The summed E-state index contributed by atoms with van der Waals surface area (Å²) in [7, 11) is 0. The molecule has 1 fully saturated rings. The summed E-state index contributed by atoms with van der Waals surface area (Å²) in [5, 5.41) is 0. The normalized spacial score (nSPS) is 17.2. The van der Waals surface area contributed by atoms with Crippen molar-refractivity contribution >= 4 is 5.78 Å². The van der Waals surface area contributed by atoms with Crippen molar-refractivity contribution in [3.05, 3.63) is 248 Å². The molecule has 272 valence electrons. The summed E-state index contributed by atoms with van der Waals surface area (Å²) < 4.78 is 22.1. The van der Waals surface area contributed by atoms with Crippen LogP contribution in [-0.2, 0) is 30.2 Å². The number of carbonyl (C=O) groups is 1. The molecule has 1 aliphatic heterocycles. The van der Waals surface area contributed by atoms with Crippen LogP contribution in [0.5, 0.6) is 0 Å². The summed E-state index contributed by atoms with van der Waals surface area (Å²) in [4.78, 5) is 43.1. The Hall–Kier alpha value is -6.45. The van der Waals surface area contributed by atoms with Gasteiger partial charge in [0, 0.05) is 12.3 Å². The maximum atomic E-state index is 15.0. The molecular weight excluding hydrogens is 689 g/mol. The van der Waals surface area contributed by atoms with Crippen molar-refractivity contribution in [3.63, 3.8) is 0 Å². The smallest absolute Gasteiger partial charge is 0.330 e. The van der Waals surface area contributed by atoms with E-state index in [1.807, 2.05) is 182 Å². The number of nitrogens with zero attached hydrogens (tertiary/aromatic N) is 1. The van der Waals surface area contributed by atoms with Crippen molar-refractivity contribution < 1.29 is 19.0 Å². The Balaban J connectivity index is 1.26. The van der Waals surface area contributed by atoms with E-state index in [1.54, 1.807) is 0 Å². The average Bonchev–Trinajstić information content (AvgIpc) is 3.55. The zero-order chi connectivity index (χ0) is 37.7. The van der Waals surface area contributed by atoms with Gasteiger partial charge in [0.05, 0.1) is 6.61 Å². The summed E-state index contributed by atoms with van der Waals surface area (Å²) in [6, 6.07) is 59.8. The lowest BCUT2D eigenvalue weighted by atomic mass is 9.79. The molecule has 8 nitrogen and oxygen atoms in total. The monoisotopic (exact) mass is 726 g/mol. The Morgan fingerprint density at radius 3 is 1.24 bits per heavy atom. The molecule has 1 aliphatic rings. The standard InChI is InChI=1S/C47H38N2O6/c50-41-31-32-49(45(52)48-41)44-43(55-47(37-25-13-4-14-26-37,38-27-15-5-16-28-38)39-29-17-6-18-30-39)42(51)40(54-44)33-53-46(34-19-7-1-8-20-34,35-21-9-2-10-22-35)36-23-11-3-12-24-36/h1-32,40,43-44H,33H2,(H,48,50,52). The van der Waals surface area contributed by atoms with Crippen molar-refractivity contribution in [3.8, 4) is 0 Å². The molecule has 1 aromatic heterocycles. The minimum Gasteiger partial charge on any atom is -0.358 e. The zero-order valence-electron chi connectivity index (χ0n) is 29.8. The Morgan fingerprint density at radius 2 is 0.873 bits per heavy atom. The maximum absolute atomic E-state index is 15.0. The Kier molecular flexibility index (Phi) is 10.0. The third-order valence-electron chi connectivity index (χ3n) is 10.1. The number of benzene rings is 6. The Bertz CT molecular complexity index is 2260. The molecule has 2 heterocycles. The second kappa shape index (κ2) is 15.5. The molecule has 6 aromatic carbocycles. The van der Waals surface area contributed by atoms with Crippen LogP contribution < -0.4 is 11.2 Å². The summed E-state index contributed by atoms with van der Waals surface area (Å²) in [6.07, 6.45) is -2.45. The molecule has 1 N–H and O–H groups in total. The van der Waals surface area contributed by atoms with E-state index >= 15 is 4.79 Å². The number of hydrogen-bond donors (Lipinski definition) is 1. The second-order valence-electron chi connectivity index (χ2n) is 13.3. The minimum atomic E-state index is -1.34. The highest BCUT2D eigenvalue weighted by Crippen LogP contribution is 2.46. The fourth-order valence-corrected chi connectivity index (χ4v) is 7.59. The molecule has 1 saturated heterocycles. The number of H-pyrrole nitrogens is 1. The first-order chi connectivity index (χ1) is 27.0. The summed E-state index contributed by atoms with van der Waals surface area (Å²) in [5.41, 5.74) is 1.09. The third-order valence-corrected chi connectivity index (χ3v) is 10.1. The third kappa shape index (κ3) is 6.68. The highest BCUT2D eigenvalue weighted by Gasteiger charge is 2.52. The van der Waals surface area contributed by atoms with E-state index in [1.165, 1.54) is 16.8 Å². The van der Waals surface area contributed by atoms with Crippen LogP contribution in [0.2, 0.25) is 0 Å². The van der Waals surface area contributed by atoms with Gasteiger partial charge in [-0.2, -0.15) is 0 Å². The molecule has 0 amide bonds. The first-order valence-electron chi connectivity index (χ1n) is 18.2. The van der Waals surface area contributed by atoms with Crippen LogP contribution in [0.25, 0.3) is 0 Å². The number of rotatable bonds is 12. The topological polar surface area (TPSA) is 99.6 Å². The molecule has 7 aromatic rings. The molecule has 0 bridgehead atoms. The fourth-order valence-electron chi connectivity index (χ4n) is 7.59. The number of ether oxygens (including phenoxy) is 3. The zero-order valence-corrected chi connectivity index (χ0v) is 29.8. The van der Waals surface area contributed by atoms with E-state index in [4.69, 9.17) is 14.2 Å². The lowest BCUT2D eigenvalue weighted by Crippen LogP contribution is -2.44. The molecule has 0 aliphatic carbocycles. The fraction of sp³-hybridized carbons (Fsp3) is 0.128. The van der Waals surface area contributed by atoms with Gasteiger partial charge < -0.3 is 14.2 Å². The molecule has 0 saturated carbocycles. The van der Waals surface area contributed by atoms with Gasteiger partial charge in [-0.15, -0.1) is 0 Å². The molecule has 3 atom stereocenters. The van der Waals surface area contributed by atoms with Crippen molar-refractivity contribution in [1.82, 2.24) is 9.55 Å². The van der Waals surface area contributed by atoms with Crippen molar-refractivity contribution in [2.24, 2.45) is 0 Å². The molecule has 0 spiro atoms. The van der Waals surface area contributed by atoms with Crippen LogP contribution in [0.3, 0.4) is 0 Å². The van der Waals surface area contributed by atoms with Crippen LogP contribution in [-0.4, -0.2) is 34.1 Å². The van der Waals surface area contributed by atoms with Gasteiger partial charge in [0.25, 0.3) is 5.56 Å². The van der Waals surface area contributed by atoms with Gasteiger partial charge in [-0.1, -0.05) is 182 Å². The maximum Gasteiger partial charge on any atom is 0.330 e. The summed E-state index contributed by atoms with van der Waals surface area (Å²) in [6.45, 7) is -0.193. The van der Waals surface area contributed by atoms with Crippen molar-refractivity contribution in [1.29, 1.82) is 0 Å². The number of Topliss-reactive ketones (excluding diaryl/α,β-unsaturated/α-hetero) is 1. The molecule has 0 radical (unpaired) electrons. The van der Waals surface area contributed by atoms with Crippen LogP contribution >= 0.6 is 0 Å². The SMILES string of the molecule is O=C1C(COC(c2ccccc2)(c2ccccc2)c2ccccc2)OC(n2ccc(=O)[nH]c2=O)C1OC(c1ccccc1)(c1ccccc1)c1ccccc1. The van der Waals surface area contributed by atoms with Gasteiger partial charge in [0.2, 0.25) is 0 Å². The molecule has 8 rings (SSSR count). The highest BCUT2D eigenvalue weighted by molar-refractivity contribution is 5.90. The average molecular weight is 727 g/mol. The first kappa shape index (κ1) is 35.6. The molecule has 55 heavy (non-hydrogen) atoms. The van der Waals surface area contributed by atoms with Crippen LogP contribution in [0, 0.1) is 0 Å². The quantitative estimate of drug-likeness (QED) is 0.132. The highest BCUT2D eigenvalue weighted by atomic mass is 16.6. The van der Waals surface area contributed by atoms with E-state index < -0.39 is 46.7 Å². The van der Waals surface area contributed by atoms with Gasteiger partial charge in [-0.25, -0.2) is 4.79 Å². The lowest BCUT2D eigenvalue weighted by molar-refractivity contribution is -0.140. The van der Waals surface area contributed by atoms with Gasteiger partial charge in [0.1, 0.15) is 17.3 Å². The molecular formula is C47H38N2O6. The van der Waals surface area contributed by atoms with E-state index in [9.17, 15) is 9.59 Å². The van der Waals surface area contributed by atoms with Crippen LogP contribution in [0.4, 0.5) is 0 Å². The van der Waals surface area contributed by atoms with E-state index in [0.717, 1.165) is 33.4 Å². The number of carbonyl (C=O) groups excluding carboxylic acids is 1. The Morgan fingerprint density at radius 1 is 0.509 bits per heavy atom. The molecule has 8 heteroatoms. The second-order valence-corrected chi connectivity index (χ2v) is 13.3. The van der Waals surface area contributed by atoms with Gasteiger partial charge in [0.15, 0.2) is 18.1 Å². The van der Waals surface area contributed by atoms with Crippen LogP contribution in [0.1, 0.15) is 39.6 Å². The van der Waals surface area contributed by atoms with Crippen LogP contribution in [0.15, 0.2) is 204 Å². The predicted molar refractivity (Wildman–Crippen MR) is 209 cm³/mol. The molecule has 3 unspecified atom stereocenters. The Labute approximate surface area is 318 Å². The number of aromatic nitrogens is 2. The predicted octanol–water partition coefficient (Wildman–Crippen LogP) is 7.39. The number of aromatic amines is 1. The van der Waals surface area contributed by atoms with E-state index in [0.29, 0.717) is 0 Å². The van der Waals surface area contributed by atoms with E-state index in [2.05, 4.69) is 4.98 Å². The minimum absolute atomic E-state index is 0.193. The number of hydrogen-bond acceptors (Lipinski definition) is 6. The summed E-state index contributed by atoms with van der Waals surface area (Å²) >= 11 is 0. The van der Waals surface area contributed by atoms with Crippen molar-refractivity contribution in [2.45, 2.75) is 29.6 Å². The number of ketones is 1. The summed E-state index contributed by atoms with van der Waals surface area (Å²) in [5.74, 6) is -0.418. The first-order valence-corrected chi connectivity index (χ1v) is 18.2. The number of nitrogens with one attached hydrogen (secondary N) is 1. The van der Waals surface area contributed by atoms with Crippen molar-refractivity contribution in [2.75, 3.05) is 6.61 Å². The lowest BCUT2D eigenvalue weighted by Gasteiger charge is -2.38.